The van der Waals surface area contributed by atoms with Crippen LogP contribution in [0.15, 0.2) is 0 Å². The molecule has 0 aliphatic heterocycles. The van der Waals surface area contributed by atoms with Crippen molar-refractivity contribution in [3.8, 4) is 0 Å². The van der Waals surface area contributed by atoms with Gasteiger partial charge in [-0.3, -0.25) is 0 Å². The van der Waals surface area contributed by atoms with Crippen molar-refractivity contribution in [1.82, 2.24) is 0 Å². The molecule has 0 N–H and O–H groups in total. The van der Waals surface area contributed by atoms with Crippen LogP contribution in [0.5, 0.6) is 0 Å². The Balaban J connectivity index is 1.81. The van der Waals surface area contributed by atoms with Crippen LogP contribution < -0.4 is 0 Å². The Hall–Kier alpha value is 0. The number of hydrogen-bond acceptors (Lipinski definition) is 0. The van der Waals surface area contributed by atoms with Gasteiger partial charge in [-0.1, -0.05) is 53.9 Å². The first-order valence-corrected chi connectivity index (χ1v) is 10.0. The number of rotatable bonds is 3. The summed E-state index contributed by atoms with van der Waals surface area (Å²) in [6, 6.07) is 0. The Morgan fingerprint density at radius 1 is 1.00 bits per heavy atom. The highest BCUT2D eigenvalue weighted by Crippen LogP contribution is 2.64. The molecule has 0 amide bonds. The van der Waals surface area contributed by atoms with Gasteiger partial charge in [-0.25, -0.2) is 0 Å². The topological polar surface area (TPSA) is 0 Å². The van der Waals surface area contributed by atoms with E-state index in [-0.39, 0.29) is 0 Å². The summed E-state index contributed by atoms with van der Waals surface area (Å²) >= 11 is 0. The minimum Gasteiger partial charge on any atom is -0.0654 e. The van der Waals surface area contributed by atoms with E-state index < -0.39 is 0 Å². The van der Waals surface area contributed by atoms with E-state index in [1.165, 1.54) is 32.1 Å². The zero-order valence-corrected chi connectivity index (χ0v) is 15.2. The molecule has 0 bridgehead atoms. The Bertz CT molecular complexity index is 359. The molecule has 3 rings (SSSR count). The van der Waals surface area contributed by atoms with Gasteiger partial charge >= 0.3 is 0 Å². The van der Waals surface area contributed by atoms with E-state index in [0.29, 0.717) is 5.41 Å². The summed E-state index contributed by atoms with van der Waals surface area (Å²) < 4.78 is 0. The highest BCUT2D eigenvalue weighted by atomic mass is 14.6. The molecule has 8 atom stereocenters. The first-order valence-electron chi connectivity index (χ1n) is 10.0. The average molecular weight is 291 g/mol. The molecule has 0 heterocycles. The minimum atomic E-state index is 0.677. The molecule has 122 valence electrons. The molecular formula is C21H38. The summed E-state index contributed by atoms with van der Waals surface area (Å²) in [6.45, 7) is 12.6. The Morgan fingerprint density at radius 2 is 1.76 bits per heavy atom. The van der Waals surface area contributed by atoms with Gasteiger partial charge in [0.1, 0.15) is 0 Å². The maximum atomic E-state index is 2.65. The van der Waals surface area contributed by atoms with Crippen LogP contribution in [0.4, 0.5) is 0 Å². The van der Waals surface area contributed by atoms with Crippen LogP contribution in [0.3, 0.4) is 0 Å². The molecule has 21 heavy (non-hydrogen) atoms. The van der Waals surface area contributed by atoms with Crippen LogP contribution in [-0.4, -0.2) is 0 Å². The molecule has 3 aliphatic carbocycles. The minimum absolute atomic E-state index is 0.677. The summed E-state index contributed by atoms with van der Waals surface area (Å²) in [7, 11) is 0. The number of fused-ring (bicyclic) bond motifs is 3. The molecule has 0 aromatic rings. The molecule has 0 saturated heterocycles. The predicted molar refractivity (Wildman–Crippen MR) is 92.2 cm³/mol. The van der Waals surface area contributed by atoms with Gasteiger partial charge in [-0.2, -0.15) is 0 Å². The normalized spacial score (nSPS) is 53.3. The summed E-state index contributed by atoms with van der Waals surface area (Å²) in [5.74, 6) is 7.24. The fraction of sp³-hybridized carbons (Fsp3) is 1.00. The van der Waals surface area contributed by atoms with E-state index in [2.05, 4.69) is 34.6 Å². The van der Waals surface area contributed by atoms with Crippen molar-refractivity contribution in [2.24, 2.45) is 46.8 Å². The molecule has 3 saturated carbocycles. The van der Waals surface area contributed by atoms with Crippen LogP contribution in [0.2, 0.25) is 0 Å². The molecule has 0 aromatic heterocycles. The Kier molecular flexibility index (Phi) is 4.46. The lowest BCUT2D eigenvalue weighted by Gasteiger charge is -2.54. The van der Waals surface area contributed by atoms with Crippen LogP contribution >= 0.6 is 0 Å². The molecule has 0 radical (unpaired) electrons. The molecule has 0 spiro atoms. The molecule has 3 aliphatic rings. The zero-order valence-electron chi connectivity index (χ0n) is 15.2. The van der Waals surface area contributed by atoms with Gasteiger partial charge in [0.2, 0.25) is 0 Å². The van der Waals surface area contributed by atoms with Gasteiger partial charge in [0.05, 0.1) is 0 Å². The van der Waals surface area contributed by atoms with Gasteiger partial charge in [-0.15, -0.1) is 0 Å². The van der Waals surface area contributed by atoms with Crippen molar-refractivity contribution in [2.45, 2.75) is 86.0 Å². The maximum absolute atomic E-state index is 2.65. The third-order valence-electron chi connectivity index (χ3n) is 8.61. The van der Waals surface area contributed by atoms with Crippen molar-refractivity contribution in [2.75, 3.05) is 0 Å². The maximum Gasteiger partial charge on any atom is -0.0266 e. The molecule has 3 fully saturated rings. The molecule has 7 unspecified atom stereocenters. The highest BCUT2D eigenvalue weighted by Gasteiger charge is 2.56. The van der Waals surface area contributed by atoms with E-state index in [4.69, 9.17) is 0 Å². The van der Waals surface area contributed by atoms with Crippen molar-refractivity contribution in [1.29, 1.82) is 0 Å². The number of hydrogen-bond donors (Lipinski definition) is 0. The van der Waals surface area contributed by atoms with Crippen molar-refractivity contribution in [3.05, 3.63) is 0 Å². The third-order valence-corrected chi connectivity index (χ3v) is 8.61. The van der Waals surface area contributed by atoms with Crippen LogP contribution in [0, 0.1) is 46.8 Å². The van der Waals surface area contributed by atoms with Gasteiger partial charge in [0.25, 0.3) is 0 Å². The van der Waals surface area contributed by atoms with E-state index in [1.54, 1.807) is 19.3 Å². The lowest BCUT2D eigenvalue weighted by molar-refractivity contribution is -0.0521. The second-order valence-corrected chi connectivity index (χ2v) is 9.18. The standard InChI is InChI=1S/C21H38/c1-6-8-16-9-10-19-18(17(16)7-2)11-12-21(5)15(4)14(3)13-20(19)21/h14-20H,6-13H2,1-5H3/t14?,15?,16?,17?,18?,19?,20?,21-/m1/s1. The second-order valence-electron chi connectivity index (χ2n) is 9.18. The summed E-state index contributed by atoms with van der Waals surface area (Å²) in [5.41, 5.74) is 0.677. The third kappa shape index (κ3) is 2.40. The largest absolute Gasteiger partial charge is 0.0654 e. The molecule has 0 heteroatoms. The zero-order chi connectivity index (χ0) is 15.2. The second kappa shape index (κ2) is 5.89. The summed E-state index contributed by atoms with van der Waals surface area (Å²) in [4.78, 5) is 0. The summed E-state index contributed by atoms with van der Waals surface area (Å²) in [5, 5.41) is 0. The monoisotopic (exact) mass is 290 g/mol. The fourth-order valence-corrected chi connectivity index (χ4v) is 7.21. The molecule has 0 nitrogen and oxygen atoms in total. The van der Waals surface area contributed by atoms with E-state index in [1.807, 2.05) is 0 Å². The van der Waals surface area contributed by atoms with Crippen LogP contribution in [-0.2, 0) is 0 Å². The first kappa shape index (κ1) is 15.9. The van der Waals surface area contributed by atoms with Crippen molar-refractivity contribution in [3.63, 3.8) is 0 Å². The van der Waals surface area contributed by atoms with Gasteiger partial charge in [0, 0.05) is 0 Å². The van der Waals surface area contributed by atoms with Crippen molar-refractivity contribution >= 4 is 0 Å². The molecule has 0 aromatic carbocycles. The van der Waals surface area contributed by atoms with E-state index >= 15 is 0 Å². The van der Waals surface area contributed by atoms with Gasteiger partial charge in [0.15, 0.2) is 0 Å². The molecular weight excluding hydrogens is 252 g/mol. The average Bonchev–Trinajstić information content (AvgIpc) is 2.71. The lowest BCUT2D eigenvalue weighted by atomic mass is 9.51. The first-order chi connectivity index (χ1) is 10.0. The van der Waals surface area contributed by atoms with Crippen LogP contribution in [0.25, 0.3) is 0 Å². The van der Waals surface area contributed by atoms with Gasteiger partial charge in [-0.05, 0) is 78.9 Å². The lowest BCUT2D eigenvalue weighted by Crippen LogP contribution is -2.47. The van der Waals surface area contributed by atoms with Gasteiger partial charge < -0.3 is 0 Å². The SMILES string of the molecule is CCCC1CCC2C(CC[C@]3(C)C(C)C(C)CC23)C1CC. The van der Waals surface area contributed by atoms with Crippen molar-refractivity contribution < 1.29 is 0 Å². The highest BCUT2D eigenvalue weighted by molar-refractivity contribution is 5.05. The smallest absolute Gasteiger partial charge is 0.0266 e. The van der Waals surface area contributed by atoms with E-state index in [9.17, 15) is 0 Å². The summed E-state index contributed by atoms with van der Waals surface area (Å²) in [6.07, 6.45) is 12.1. The Labute approximate surface area is 133 Å². The van der Waals surface area contributed by atoms with E-state index in [0.717, 1.165) is 41.4 Å². The Morgan fingerprint density at radius 3 is 2.43 bits per heavy atom. The van der Waals surface area contributed by atoms with Crippen LogP contribution in [0.1, 0.15) is 86.0 Å². The quantitative estimate of drug-likeness (QED) is 0.553. The predicted octanol–water partition coefficient (Wildman–Crippen LogP) is 6.55. The fourth-order valence-electron chi connectivity index (χ4n) is 7.21.